The molecule has 1 rings (SSSR count). The molecule has 1 aromatic heterocycles. The summed E-state index contributed by atoms with van der Waals surface area (Å²) in [7, 11) is 3.82. The summed E-state index contributed by atoms with van der Waals surface area (Å²) in [5.74, 6) is 0.769. The molecule has 0 spiro atoms. The second-order valence-corrected chi connectivity index (χ2v) is 1.88. The van der Waals surface area contributed by atoms with Gasteiger partial charge >= 0.3 is 5.95 Å². The van der Waals surface area contributed by atoms with E-state index in [1.807, 2.05) is 35.6 Å². The van der Waals surface area contributed by atoms with Crippen molar-refractivity contribution in [3.8, 4) is 0 Å². The van der Waals surface area contributed by atoms with Crippen LogP contribution in [0.25, 0.3) is 0 Å². The third-order valence-electron chi connectivity index (χ3n) is 1.24. The van der Waals surface area contributed by atoms with Gasteiger partial charge in [0.2, 0.25) is 0 Å². The topological polar surface area (TPSA) is 34.8 Å². The second-order valence-electron chi connectivity index (χ2n) is 1.88. The van der Waals surface area contributed by atoms with E-state index in [0.29, 0.717) is 0 Å². The first-order valence-corrected chi connectivity index (χ1v) is 2.48. The molecule has 1 heterocycles. The largest absolute Gasteiger partial charge is 1.00 e. The number of aryl methyl sites for hydroxylation is 2. The lowest BCUT2D eigenvalue weighted by Gasteiger charge is -1.85. The SMILES string of the molecule is Cn1cc[n+](C)c1N.[Cl-]. The van der Waals surface area contributed by atoms with E-state index >= 15 is 0 Å². The van der Waals surface area contributed by atoms with Crippen LogP contribution in [0.4, 0.5) is 5.95 Å². The maximum Gasteiger partial charge on any atom is 0.354 e. The maximum absolute atomic E-state index is 5.53. The highest BCUT2D eigenvalue weighted by molar-refractivity contribution is 5.06. The lowest BCUT2D eigenvalue weighted by atomic mass is 10.9. The Kier molecular flexibility index (Phi) is 2.52. The molecule has 0 aliphatic rings. The Bertz CT molecular complexity index is 175. The van der Waals surface area contributed by atoms with Gasteiger partial charge < -0.3 is 12.4 Å². The third-order valence-corrected chi connectivity index (χ3v) is 1.24. The van der Waals surface area contributed by atoms with Crippen molar-refractivity contribution in [1.82, 2.24) is 4.57 Å². The number of imidazole rings is 1. The van der Waals surface area contributed by atoms with Crippen molar-refractivity contribution in [2.24, 2.45) is 14.1 Å². The van der Waals surface area contributed by atoms with Gasteiger partial charge in [-0.15, -0.1) is 0 Å². The number of nitrogens with zero attached hydrogens (tertiary/aromatic N) is 2. The highest BCUT2D eigenvalue weighted by Gasteiger charge is 2.00. The molecular formula is C5H10ClN3. The van der Waals surface area contributed by atoms with Crippen LogP contribution in [0.15, 0.2) is 12.4 Å². The summed E-state index contributed by atoms with van der Waals surface area (Å²) in [4.78, 5) is 0. The van der Waals surface area contributed by atoms with Gasteiger partial charge in [-0.1, -0.05) is 0 Å². The van der Waals surface area contributed by atoms with Crippen LogP contribution in [0.1, 0.15) is 0 Å². The van der Waals surface area contributed by atoms with Gasteiger partial charge in [-0.25, -0.2) is 9.13 Å². The van der Waals surface area contributed by atoms with Crippen molar-refractivity contribution in [2.75, 3.05) is 5.73 Å². The standard InChI is InChI=1S/C5H9N3.ClH/c1-7-3-4-8(2)5(7)6;/h3-4,6H,1-2H3;1H. The van der Waals surface area contributed by atoms with Crippen LogP contribution in [-0.4, -0.2) is 4.57 Å². The Morgan fingerprint density at radius 3 is 2.33 bits per heavy atom. The van der Waals surface area contributed by atoms with Crippen molar-refractivity contribution < 1.29 is 17.0 Å². The fourth-order valence-corrected chi connectivity index (χ4v) is 0.602. The summed E-state index contributed by atoms with van der Waals surface area (Å²) in [6.07, 6.45) is 3.82. The van der Waals surface area contributed by atoms with Crippen LogP contribution in [-0.2, 0) is 14.1 Å². The highest BCUT2D eigenvalue weighted by atomic mass is 35.5. The number of rotatable bonds is 0. The van der Waals surface area contributed by atoms with Gasteiger partial charge in [-0.3, -0.25) is 5.73 Å². The molecule has 9 heavy (non-hydrogen) atoms. The quantitative estimate of drug-likeness (QED) is 0.379. The highest BCUT2D eigenvalue weighted by Crippen LogP contribution is 1.87. The number of anilines is 1. The molecule has 0 aliphatic carbocycles. The van der Waals surface area contributed by atoms with E-state index in [1.165, 1.54) is 0 Å². The van der Waals surface area contributed by atoms with Gasteiger partial charge in [0.1, 0.15) is 0 Å². The average molecular weight is 148 g/mol. The normalized spacial score (nSPS) is 8.67. The second kappa shape index (κ2) is 2.73. The number of hydrogen-bond acceptors (Lipinski definition) is 1. The molecular weight excluding hydrogens is 138 g/mol. The summed E-state index contributed by atoms with van der Waals surface area (Å²) in [6.45, 7) is 0. The van der Waals surface area contributed by atoms with Gasteiger partial charge in [-0.2, -0.15) is 0 Å². The third kappa shape index (κ3) is 1.36. The zero-order chi connectivity index (χ0) is 6.15. The number of nitrogens with two attached hydrogens (primary N) is 1. The molecule has 0 aliphatic heterocycles. The number of aromatic nitrogens is 2. The summed E-state index contributed by atoms with van der Waals surface area (Å²) in [5, 5.41) is 0. The Hall–Kier alpha value is -0.700. The van der Waals surface area contributed by atoms with Crippen molar-refractivity contribution in [2.45, 2.75) is 0 Å². The van der Waals surface area contributed by atoms with Crippen LogP contribution in [0, 0.1) is 0 Å². The van der Waals surface area contributed by atoms with E-state index < -0.39 is 0 Å². The van der Waals surface area contributed by atoms with Gasteiger partial charge in [0.05, 0.1) is 26.5 Å². The lowest BCUT2D eigenvalue weighted by Crippen LogP contribution is -3.00. The van der Waals surface area contributed by atoms with E-state index in [2.05, 4.69) is 0 Å². The van der Waals surface area contributed by atoms with E-state index in [1.54, 1.807) is 0 Å². The molecule has 1 aromatic rings. The molecule has 0 saturated carbocycles. The van der Waals surface area contributed by atoms with Crippen LogP contribution in [0.2, 0.25) is 0 Å². The van der Waals surface area contributed by atoms with E-state index in [-0.39, 0.29) is 12.4 Å². The van der Waals surface area contributed by atoms with Crippen LogP contribution < -0.4 is 22.7 Å². The first-order chi connectivity index (χ1) is 3.72. The van der Waals surface area contributed by atoms with E-state index in [4.69, 9.17) is 5.73 Å². The molecule has 0 aromatic carbocycles. The summed E-state index contributed by atoms with van der Waals surface area (Å²) in [6, 6.07) is 0. The number of halogens is 1. The molecule has 2 N–H and O–H groups in total. The maximum atomic E-state index is 5.53. The molecule has 4 heteroatoms. The monoisotopic (exact) mass is 147 g/mol. The zero-order valence-corrected chi connectivity index (χ0v) is 6.26. The predicted molar refractivity (Wildman–Crippen MR) is 31.0 cm³/mol. The molecule has 52 valence electrons. The summed E-state index contributed by atoms with van der Waals surface area (Å²) < 4.78 is 3.72. The average Bonchev–Trinajstić information content (AvgIpc) is 1.98. The Morgan fingerprint density at radius 1 is 1.67 bits per heavy atom. The fraction of sp³-hybridized carbons (Fsp3) is 0.400. The van der Waals surface area contributed by atoms with Crippen LogP contribution >= 0.6 is 0 Å². The summed E-state index contributed by atoms with van der Waals surface area (Å²) in [5.41, 5.74) is 5.53. The zero-order valence-electron chi connectivity index (χ0n) is 5.50. The molecule has 0 saturated heterocycles. The van der Waals surface area contributed by atoms with Crippen molar-refractivity contribution in [1.29, 1.82) is 0 Å². The molecule has 0 fully saturated rings. The number of nitrogen functional groups attached to an aromatic ring is 1. The van der Waals surface area contributed by atoms with Crippen molar-refractivity contribution in [3.63, 3.8) is 0 Å². The molecule has 0 radical (unpaired) electrons. The molecule has 3 nitrogen and oxygen atoms in total. The Balaban J connectivity index is 0.000000640. The predicted octanol–water partition coefficient (Wildman–Crippen LogP) is -3.56. The minimum atomic E-state index is 0. The number of hydrogen-bond donors (Lipinski definition) is 1. The van der Waals surface area contributed by atoms with Crippen LogP contribution in [0.5, 0.6) is 0 Å². The molecule has 0 unspecified atom stereocenters. The van der Waals surface area contributed by atoms with E-state index in [0.717, 1.165) is 5.95 Å². The van der Waals surface area contributed by atoms with Gasteiger partial charge in [-0.05, 0) is 0 Å². The smallest absolute Gasteiger partial charge is 0.354 e. The minimum absolute atomic E-state index is 0. The molecule has 0 amide bonds. The minimum Gasteiger partial charge on any atom is -1.00 e. The first-order valence-electron chi connectivity index (χ1n) is 2.48. The Morgan fingerprint density at radius 2 is 2.22 bits per heavy atom. The lowest BCUT2D eigenvalue weighted by molar-refractivity contribution is -0.655. The first kappa shape index (κ1) is 8.30. The molecule has 0 bridgehead atoms. The summed E-state index contributed by atoms with van der Waals surface area (Å²) >= 11 is 0. The van der Waals surface area contributed by atoms with E-state index in [9.17, 15) is 0 Å². The van der Waals surface area contributed by atoms with Crippen molar-refractivity contribution >= 4 is 5.95 Å². The van der Waals surface area contributed by atoms with Gasteiger partial charge in [0, 0.05) is 0 Å². The molecule has 0 atom stereocenters. The fourth-order valence-electron chi connectivity index (χ4n) is 0.602. The van der Waals surface area contributed by atoms with Gasteiger partial charge in [0.15, 0.2) is 0 Å². The van der Waals surface area contributed by atoms with Crippen LogP contribution in [0.3, 0.4) is 0 Å². The van der Waals surface area contributed by atoms with Gasteiger partial charge in [0.25, 0.3) is 0 Å². The van der Waals surface area contributed by atoms with Crippen molar-refractivity contribution in [3.05, 3.63) is 12.4 Å². The Labute approximate surface area is 60.5 Å².